The molecule has 0 amide bonds. The van der Waals surface area contributed by atoms with E-state index in [-0.39, 0.29) is 11.2 Å². The molecule has 1 saturated carbocycles. The van der Waals surface area contributed by atoms with Crippen molar-refractivity contribution in [3.8, 4) is 5.75 Å². The molecule has 0 bridgehead atoms. The molecule has 0 heterocycles. The highest BCUT2D eigenvalue weighted by atomic mass is 19.1. The van der Waals surface area contributed by atoms with Crippen LogP contribution in [0.4, 0.5) is 4.39 Å². The number of nitrogens with one attached hydrogen (secondary N) is 1. The summed E-state index contributed by atoms with van der Waals surface area (Å²) in [4.78, 5) is 0. The highest BCUT2D eigenvalue weighted by Gasteiger charge is 2.47. The van der Waals surface area contributed by atoms with Crippen molar-refractivity contribution in [2.45, 2.75) is 45.6 Å². The summed E-state index contributed by atoms with van der Waals surface area (Å²) in [7, 11) is 1.51. The number of methoxy groups -OCH3 is 1. The molecule has 1 N–H and O–H groups in total. The van der Waals surface area contributed by atoms with Crippen LogP contribution in [0.15, 0.2) is 18.2 Å². The quantitative estimate of drug-likeness (QED) is 0.814. The number of hydrogen-bond acceptors (Lipinski definition) is 2. The fraction of sp³-hybridized carbons (Fsp3) is 0.625. The molecule has 2 rings (SSSR count). The summed E-state index contributed by atoms with van der Waals surface area (Å²) in [5, 5.41) is 3.55. The smallest absolute Gasteiger partial charge is 0.168 e. The first-order chi connectivity index (χ1) is 9.13. The standard InChI is InChI=1S/C16H24FNO/c1-4-10-18-12(2)16(8-9-16)11-13-6-5-7-14(19-3)15(13)17/h5-7,12,18H,4,8-11H2,1-3H3. The van der Waals surface area contributed by atoms with Gasteiger partial charge < -0.3 is 10.1 Å². The largest absolute Gasteiger partial charge is 0.494 e. The highest BCUT2D eigenvalue weighted by Crippen LogP contribution is 2.51. The van der Waals surface area contributed by atoms with Gasteiger partial charge in [-0.2, -0.15) is 0 Å². The Kier molecular flexibility index (Phi) is 4.46. The van der Waals surface area contributed by atoms with Gasteiger partial charge in [0.15, 0.2) is 11.6 Å². The summed E-state index contributed by atoms with van der Waals surface area (Å²) in [6.07, 6.45) is 4.30. The molecule has 1 atom stereocenters. The average molecular weight is 265 g/mol. The zero-order valence-electron chi connectivity index (χ0n) is 12.1. The van der Waals surface area contributed by atoms with E-state index in [0.29, 0.717) is 11.8 Å². The van der Waals surface area contributed by atoms with Crippen LogP contribution in [-0.4, -0.2) is 19.7 Å². The van der Waals surface area contributed by atoms with Crippen molar-refractivity contribution in [2.24, 2.45) is 5.41 Å². The maximum absolute atomic E-state index is 14.2. The minimum Gasteiger partial charge on any atom is -0.494 e. The van der Waals surface area contributed by atoms with Gasteiger partial charge in [-0.05, 0) is 56.2 Å². The van der Waals surface area contributed by atoms with Crippen LogP contribution in [0, 0.1) is 11.2 Å². The minimum absolute atomic E-state index is 0.195. The molecule has 1 aromatic carbocycles. The van der Waals surface area contributed by atoms with E-state index in [4.69, 9.17) is 4.74 Å². The lowest BCUT2D eigenvalue weighted by atomic mass is 9.89. The lowest BCUT2D eigenvalue weighted by molar-refractivity contribution is 0.341. The second-order valence-corrected chi connectivity index (χ2v) is 5.65. The molecule has 1 aliphatic rings. The van der Waals surface area contributed by atoms with Gasteiger partial charge in [0.25, 0.3) is 0 Å². The minimum atomic E-state index is -0.195. The Hall–Kier alpha value is -1.09. The molecule has 0 radical (unpaired) electrons. The fourth-order valence-electron chi connectivity index (χ4n) is 2.73. The van der Waals surface area contributed by atoms with Gasteiger partial charge >= 0.3 is 0 Å². The van der Waals surface area contributed by atoms with Crippen molar-refractivity contribution in [1.82, 2.24) is 5.32 Å². The Bertz CT molecular complexity index is 429. The molecule has 1 aromatic rings. The van der Waals surface area contributed by atoms with Crippen LogP contribution in [0.3, 0.4) is 0 Å². The molecule has 0 aliphatic heterocycles. The lowest BCUT2D eigenvalue weighted by Crippen LogP contribution is -2.36. The van der Waals surface area contributed by atoms with E-state index >= 15 is 0 Å². The summed E-state index contributed by atoms with van der Waals surface area (Å²) in [5.41, 5.74) is 1.02. The van der Waals surface area contributed by atoms with Gasteiger partial charge in [0.1, 0.15) is 0 Å². The molecular weight excluding hydrogens is 241 g/mol. The van der Waals surface area contributed by atoms with Gasteiger partial charge in [-0.3, -0.25) is 0 Å². The molecule has 106 valence electrons. The average Bonchev–Trinajstić information content (AvgIpc) is 3.19. The van der Waals surface area contributed by atoms with Crippen molar-refractivity contribution in [3.05, 3.63) is 29.6 Å². The van der Waals surface area contributed by atoms with Gasteiger partial charge in [0, 0.05) is 6.04 Å². The monoisotopic (exact) mass is 265 g/mol. The Morgan fingerprint density at radius 2 is 2.16 bits per heavy atom. The van der Waals surface area contributed by atoms with Gasteiger partial charge in [-0.15, -0.1) is 0 Å². The van der Waals surface area contributed by atoms with Crippen LogP contribution in [0.1, 0.15) is 38.7 Å². The maximum Gasteiger partial charge on any atom is 0.168 e. The second kappa shape index (κ2) is 5.91. The summed E-state index contributed by atoms with van der Waals surface area (Å²) in [6, 6.07) is 5.87. The van der Waals surface area contributed by atoms with E-state index in [1.54, 1.807) is 6.07 Å². The van der Waals surface area contributed by atoms with Crippen molar-refractivity contribution in [3.63, 3.8) is 0 Å². The third-order valence-electron chi connectivity index (χ3n) is 4.32. The zero-order chi connectivity index (χ0) is 13.9. The van der Waals surface area contributed by atoms with Crippen molar-refractivity contribution in [1.29, 1.82) is 0 Å². The number of benzene rings is 1. The molecule has 19 heavy (non-hydrogen) atoms. The summed E-state index contributed by atoms with van der Waals surface area (Å²) < 4.78 is 19.3. The molecule has 0 saturated heterocycles. The number of rotatable bonds is 7. The van der Waals surface area contributed by atoms with E-state index in [1.807, 2.05) is 12.1 Å². The third-order valence-corrected chi connectivity index (χ3v) is 4.32. The second-order valence-electron chi connectivity index (χ2n) is 5.65. The number of halogens is 1. The topological polar surface area (TPSA) is 21.3 Å². The third kappa shape index (κ3) is 3.08. The predicted molar refractivity (Wildman–Crippen MR) is 76.1 cm³/mol. The van der Waals surface area contributed by atoms with E-state index in [0.717, 1.165) is 24.9 Å². The summed E-state index contributed by atoms with van der Waals surface area (Å²) >= 11 is 0. The molecule has 2 nitrogen and oxygen atoms in total. The molecule has 0 aromatic heterocycles. The molecular formula is C16H24FNO. The summed E-state index contributed by atoms with van der Waals surface area (Å²) in [6.45, 7) is 5.42. The van der Waals surface area contributed by atoms with Crippen LogP contribution < -0.4 is 10.1 Å². The van der Waals surface area contributed by atoms with Crippen LogP contribution in [0.2, 0.25) is 0 Å². The van der Waals surface area contributed by atoms with Crippen LogP contribution >= 0.6 is 0 Å². The van der Waals surface area contributed by atoms with Crippen LogP contribution in [0.25, 0.3) is 0 Å². The highest BCUT2D eigenvalue weighted by molar-refractivity contribution is 5.32. The zero-order valence-corrected chi connectivity index (χ0v) is 12.1. The fourth-order valence-corrected chi connectivity index (χ4v) is 2.73. The first kappa shape index (κ1) is 14.3. The molecule has 1 unspecified atom stereocenters. The molecule has 0 spiro atoms. The molecule has 1 aliphatic carbocycles. The normalized spacial score (nSPS) is 18.1. The Morgan fingerprint density at radius 3 is 2.74 bits per heavy atom. The van der Waals surface area contributed by atoms with E-state index in [1.165, 1.54) is 20.0 Å². The van der Waals surface area contributed by atoms with Crippen molar-refractivity contribution >= 4 is 0 Å². The van der Waals surface area contributed by atoms with E-state index in [2.05, 4.69) is 19.2 Å². The lowest BCUT2D eigenvalue weighted by Gasteiger charge is -2.25. The first-order valence-electron chi connectivity index (χ1n) is 7.17. The Morgan fingerprint density at radius 1 is 1.42 bits per heavy atom. The molecule has 3 heteroatoms. The SMILES string of the molecule is CCCNC(C)C1(Cc2cccc(OC)c2F)CC1. The predicted octanol–water partition coefficient (Wildman–Crippen LogP) is 3.55. The molecule has 1 fully saturated rings. The van der Waals surface area contributed by atoms with Gasteiger partial charge in [0.05, 0.1) is 7.11 Å². The summed E-state index contributed by atoms with van der Waals surface area (Å²) in [5.74, 6) is 0.154. The van der Waals surface area contributed by atoms with Gasteiger partial charge in [0.2, 0.25) is 0 Å². The van der Waals surface area contributed by atoms with Crippen LogP contribution in [-0.2, 0) is 6.42 Å². The van der Waals surface area contributed by atoms with Gasteiger partial charge in [-0.25, -0.2) is 4.39 Å². The number of hydrogen-bond donors (Lipinski definition) is 1. The number of ether oxygens (including phenoxy) is 1. The van der Waals surface area contributed by atoms with Gasteiger partial charge in [-0.1, -0.05) is 19.1 Å². The van der Waals surface area contributed by atoms with E-state index in [9.17, 15) is 4.39 Å². The maximum atomic E-state index is 14.2. The Balaban J connectivity index is 2.08. The first-order valence-corrected chi connectivity index (χ1v) is 7.17. The Labute approximate surface area is 115 Å². The van der Waals surface area contributed by atoms with Crippen molar-refractivity contribution < 1.29 is 9.13 Å². The van der Waals surface area contributed by atoms with Crippen molar-refractivity contribution in [2.75, 3.05) is 13.7 Å². The van der Waals surface area contributed by atoms with E-state index < -0.39 is 0 Å². The van der Waals surface area contributed by atoms with Crippen LogP contribution in [0.5, 0.6) is 5.75 Å².